The standard InChI is InChI=1S/C22H17ClN2O5/c1-28-18-5-3-2-4-15(18)20-12-17(26)16-10-13(6-8-19(16)29-20)24-22(27)9-7-14-11-21(23)25-30-14/h2-6,8,10-12H,7,9H2,1H3,(H,24,27). The summed E-state index contributed by atoms with van der Waals surface area (Å²) in [4.78, 5) is 24.9. The number of para-hydroxylation sites is 1. The molecule has 2 heterocycles. The number of aryl methyl sites for hydroxylation is 1. The Bertz CT molecular complexity index is 1280. The van der Waals surface area contributed by atoms with E-state index in [4.69, 9.17) is 25.3 Å². The Kier molecular flexibility index (Phi) is 5.54. The Morgan fingerprint density at radius 1 is 1.17 bits per heavy atom. The smallest absolute Gasteiger partial charge is 0.224 e. The first-order valence-corrected chi connectivity index (χ1v) is 9.53. The van der Waals surface area contributed by atoms with Crippen molar-refractivity contribution < 1.29 is 18.5 Å². The molecular formula is C22H17ClN2O5. The molecule has 4 rings (SSSR count). The van der Waals surface area contributed by atoms with Gasteiger partial charge in [-0.25, -0.2) is 0 Å². The van der Waals surface area contributed by atoms with Gasteiger partial charge in [-0.1, -0.05) is 28.9 Å². The van der Waals surface area contributed by atoms with Gasteiger partial charge < -0.3 is 19.0 Å². The van der Waals surface area contributed by atoms with Crippen LogP contribution >= 0.6 is 11.6 Å². The van der Waals surface area contributed by atoms with Crippen LogP contribution in [0.1, 0.15) is 12.2 Å². The number of halogens is 1. The molecule has 0 radical (unpaired) electrons. The van der Waals surface area contributed by atoms with Crippen LogP contribution in [0.3, 0.4) is 0 Å². The molecule has 8 heteroatoms. The number of nitrogens with zero attached hydrogens (tertiary/aromatic N) is 1. The lowest BCUT2D eigenvalue weighted by molar-refractivity contribution is -0.116. The number of nitrogens with one attached hydrogen (secondary N) is 1. The number of fused-ring (bicyclic) bond motifs is 1. The summed E-state index contributed by atoms with van der Waals surface area (Å²) in [6.45, 7) is 0. The highest BCUT2D eigenvalue weighted by molar-refractivity contribution is 6.29. The maximum absolute atomic E-state index is 12.7. The molecule has 0 saturated carbocycles. The number of carbonyl (C=O) groups is 1. The van der Waals surface area contributed by atoms with Gasteiger partial charge in [0.2, 0.25) is 5.91 Å². The van der Waals surface area contributed by atoms with Crippen molar-refractivity contribution in [2.75, 3.05) is 12.4 Å². The van der Waals surface area contributed by atoms with Crippen molar-refractivity contribution in [1.29, 1.82) is 0 Å². The van der Waals surface area contributed by atoms with E-state index in [1.165, 1.54) is 6.07 Å². The normalized spacial score (nSPS) is 10.9. The molecule has 0 atom stereocenters. The van der Waals surface area contributed by atoms with Crippen LogP contribution in [-0.2, 0) is 11.2 Å². The summed E-state index contributed by atoms with van der Waals surface area (Å²) >= 11 is 5.69. The number of ether oxygens (including phenoxy) is 1. The van der Waals surface area contributed by atoms with Crippen molar-refractivity contribution in [2.45, 2.75) is 12.8 Å². The minimum atomic E-state index is -0.225. The number of amides is 1. The molecule has 2 aromatic heterocycles. The second-order valence-electron chi connectivity index (χ2n) is 6.55. The predicted molar refractivity (Wildman–Crippen MR) is 113 cm³/mol. The van der Waals surface area contributed by atoms with Gasteiger partial charge in [-0.3, -0.25) is 9.59 Å². The molecule has 0 unspecified atom stereocenters. The summed E-state index contributed by atoms with van der Waals surface area (Å²) in [6.07, 6.45) is 0.550. The van der Waals surface area contributed by atoms with Crippen LogP contribution in [0.15, 0.2) is 68.3 Å². The van der Waals surface area contributed by atoms with Crippen molar-refractivity contribution in [3.63, 3.8) is 0 Å². The van der Waals surface area contributed by atoms with Gasteiger partial charge in [0.1, 0.15) is 22.9 Å². The van der Waals surface area contributed by atoms with E-state index < -0.39 is 0 Å². The molecule has 0 aliphatic carbocycles. The zero-order chi connectivity index (χ0) is 21.1. The lowest BCUT2D eigenvalue weighted by Crippen LogP contribution is -2.12. The molecule has 0 spiro atoms. The second-order valence-corrected chi connectivity index (χ2v) is 6.94. The van der Waals surface area contributed by atoms with Crippen LogP contribution in [-0.4, -0.2) is 18.2 Å². The van der Waals surface area contributed by atoms with Crippen LogP contribution in [0.2, 0.25) is 5.15 Å². The first-order valence-electron chi connectivity index (χ1n) is 9.16. The van der Waals surface area contributed by atoms with Gasteiger partial charge in [0.25, 0.3) is 0 Å². The predicted octanol–water partition coefficient (Wildman–Crippen LogP) is 4.68. The summed E-state index contributed by atoms with van der Waals surface area (Å²) in [5.41, 5.74) is 1.38. The molecule has 1 amide bonds. The molecule has 7 nitrogen and oxygen atoms in total. The largest absolute Gasteiger partial charge is 0.496 e. The highest BCUT2D eigenvalue weighted by atomic mass is 35.5. The highest BCUT2D eigenvalue weighted by Crippen LogP contribution is 2.31. The van der Waals surface area contributed by atoms with Gasteiger partial charge in [-0.15, -0.1) is 0 Å². The lowest BCUT2D eigenvalue weighted by atomic mass is 10.1. The Balaban J connectivity index is 1.55. The minimum Gasteiger partial charge on any atom is -0.496 e. The van der Waals surface area contributed by atoms with E-state index in [2.05, 4.69) is 10.5 Å². The van der Waals surface area contributed by atoms with E-state index >= 15 is 0 Å². The zero-order valence-corrected chi connectivity index (χ0v) is 16.7. The maximum atomic E-state index is 12.7. The third-order valence-corrected chi connectivity index (χ3v) is 4.69. The second kappa shape index (κ2) is 8.42. The van der Waals surface area contributed by atoms with E-state index in [0.29, 0.717) is 45.9 Å². The van der Waals surface area contributed by atoms with Crippen LogP contribution in [0.4, 0.5) is 5.69 Å². The molecule has 0 bridgehead atoms. The molecular weight excluding hydrogens is 408 g/mol. The number of hydrogen-bond donors (Lipinski definition) is 1. The van der Waals surface area contributed by atoms with Crippen LogP contribution in [0.5, 0.6) is 5.75 Å². The minimum absolute atomic E-state index is 0.185. The summed E-state index contributed by atoms with van der Waals surface area (Å²) in [7, 11) is 1.56. The van der Waals surface area contributed by atoms with Crippen molar-refractivity contribution in [2.24, 2.45) is 0 Å². The summed E-state index contributed by atoms with van der Waals surface area (Å²) < 4.78 is 16.2. The summed E-state index contributed by atoms with van der Waals surface area (Å²) in [5, 5.41) is 6.95. The van der Waals surface area contributed by atoms with Crippen LogP contribution < -0.4 is 15.5 Å². The Hall–Kier alpha value is -3.58. The zero-order valence-electron chi connectivity index (χ0n) is 16.0. The molecule has 0 fully saturated rings. The van der Waals surface area contributed by atoms with E-state index in [0.717, 1.165) is 0 Å². The van der Waals surface area contributed by atoms with Crippen molar-refractivity contribution in [3.05, 3.63) is 75.7 Å². The fourth-order valence-electron chi connectivity index (χ4n) is 3.08. The molecule has 0 saturated heterocycles. The highest BCUT2D eigenvalue weighted by Gasteiger charge is 2.13. The molecule has 2 aromatic carbocycles. The van der Waals surface area contributed by atoms with E-state index in [9.17, 15) is 9.59 Å². The van der Waals surface area contributed by atoms with Gasteiger partial charge in [-0.2, -0.15) is 0 Å². The number of hydrogen-bond acceptors (Lipinski definition) is 6. The van der Waals surface area contributed by atoms with Crippen molar-refractivity contribution >= 4 is 34.2 Å². The average molecular weight is 425 g/mol. The third-order valence-electron chi connectivity index (χ3n) is 4.51. The van der Waals surface area contributed by atoms with Gasteiger partial charge >= 0.3 is 0 Å². The number of benzene rings is 2. The van der Waals surface area contributed by atoms with Crippen molar-refractivity contribution in [1.82, 2.24) is 5.16 Å². The van der Waals surface area contributed by atoms with E-state index in [1.807, 2.05) is 18.2 Å². The van der Waals surface area contributed by atoms with Gasteiger partial charge in [-0.05, 0) is 30.3 Å². The lowest BCUT2D eigenvalue weighted by Gasteiger charge is -2.09. The topological polar surface area (TPSA) is 94.6 Å². The third kappa shape index (κ3) is 4.21. The monoisotopic (exact) mass is 424 g/mol. The molecule has 0 aliphatic heterocycles. The van der Waals surface area contributed by atoms with Gasteiger partial charge in [0.15, 0.2) is 10.6 Å². The fourth-order valence-corrected chi connectivity index (χ4v) is 3.24. The SMILES string of the molecule is COc1ccccc1-c1cc(=O)c2cc(NC(=O)CCc3cc(Cl)no3)ccc2o1. The Morgan fingerprint density at radius 2 is 2.00 bits per heavy atom. The van der Waals surface area contributed by atoms with Crippen molar-refractivity contribution in [3.8, 4) is 17.1 Å². The average Bonchev–Trinajstić information content (AvgIpc) is 3.17. The number of rotatable bonds is 6. The number of methoxy groups -OCH3 is 1. The first-order chi connectivity index (χ1) is 14.5. The van der Waals surface area contributed by atoms with Gasteiger partial charge in [0, 0.05) is 30.7 Å². The first kappa shape index (κ1) is 19.7. The number of aromatic nitrogens is 1. The molecule has 4 aromatic rings. The quantitative estimate of drug-likeness (QED) is 0.483. The van der Waals surface area contributed by atoms with Gasteiger partial charge in [0.05, 0.1) is 18.1 Å². The number of anilines is 1. The summed E-state index contributed by atoms with van der Waals surface area (Å²) in [6, 6.07) is 15.2. The molecule has 1 N–H and O–H groups in total. The van der Waals surface area contributed by atoms with Crippen LogP contribution in [0.25, 0.3) is 22.3 Å². The summed E-state index contributed by atoms with van der Waals surface area (Å²) in [5.74, 6) is 1.32. The Morgan fingerprint density at radius 3 is 2.77 bits per heavy atom. The molecule has 152 valence electrons. The fraction of sp³-hybridized carbons (Fsp3) is 0.136. The molecule has 0 aliphatic rings. The number of carbonyl (C=O) groups excluding carboxylic acids is 1. The van der Waals surface area contributed by atoms with E-state index in [-0.39, 0.29) is 22.9 Å². The Labute approximate surface area is 176 Å². The van der Waals surface area contributed by atoms with Crippen LogP contribution in [0, 0.1) is 0 Å². The maximum Gasteiger partial charge on any atom is 0.224 e. The molecule has 30 heavy (non-hydrogen) atoms. The van der Waals surface area contributed by atoms with E-state index in [1.54, 1.807) is 37.4 Å².